The molecule has 3 heteroatoms. The summed E-state index contributed by atoms with van der Waals surface area (Å²) in [4.78, 5) is 10.7. The molecule has 0 aromatic carbocycles. The Balaban J connectivity index is 2.34. The van der Waals surface area contributed by atoms with Gasteiger partial charge in [-0.25, -0.2) is 4.79 Å². The third kappa shape index (κ3) is 4.08. The summed E-state index contributed by atoms with van der Waals surface area (Å²) >= 11 is 0. The van der Waals surface area contributed by atoms with Crippen LogP contribution in [0.1, 0.15) is 32.6 Å². The lowest BCUT2D eigenvalue weighted by molar-refractivity contribution is -0.132. The highest BCUT2D eigenvalue weighted by Gasteiger charge is 2.25. The lowest BCUT2D eigenvalue weighted by Gasteiger charge is -1.98. The molecule has 0 aromatic rings. The number of carboxylic acids is 1. The number of epoxide rings is 1. The molecule has 1 fully saturated rings. The number of unbranched alkanes of at least 4 members (excludes halogenated alkanes) is 2. The number of hydrogen-bond donors (Lipinski definition) is 1. The minimum atomic E-state index is -0.799. The highest BCUT2D eigenvalue weighted by molar-refractivity contribution is 5.86. The van der Waals surface area contributed by atoms with Gasteiger partial charge in [0.2, 0.25) is 0 Å². The van der Waals surface area contributed by atoms with E-state index in [0.29, 0.717) is 12.0 Å². The van der Waals surface area contributed by atoms with Crippen molar-refractivity contribution in [2.75, 3.05) is 6.61 Å². The molecule has 1 saturated heterocycles. The van der Waals surface area contributed by atoms with Gasteiger partial charge in [0.25, 0.3) is 0 Å². The first-order valence-electron chi connectivity index (χ1n) is 4.78. The second-order valence-electron chi connectivity index (χ2n) is 3.34. The van der Waals surface area contributed by atoms with Crippen LogP contribution in [0.4, 0.5) is 0 Å². The Hall–Kier alpha value is -0.830. The van der Waals surface area contributed by atoms with Crippen molar-refractivity contribution in [3.63, 3.8) is 0 Å². The SMILES string of the molecule is CCCCC=C(CC1CO1)C(=O)O. The molecule has 0 radical (unpaired) electrons. The number of rotatable bonds is 6. The summed E-state index contributed by atoms with van der Waals surface area (Å²) in [7, 11) is 0. The molecule has 74 valence electrons. The number of aliphatic carboxylic acids is 1. The molecule has 1 atom stereocenters. The summed E-state index contributed by atoms with van der Waals surface area (Å²) < 4.78 is 4.99. The summed E-state index contributed by atoms with van der Waals surface area (Å²) in [5.74, 6) is -0.799. The average Bonchev–Trinajstić information content (AvgIpc) is 2.86. The van der Waals surface area contributed by atoms with E-state index in [-0.39, 0.29) is 6.10 Å². The van der Waals surface area contributed by atoms with Crippen molar-refractivity contribution >= 4 is 5.97 Å². The zero-order valence-corrected chi connectivity index (χ0v) is 7.95. The van der Waals surface area contributed by atoms with Crippen molar-refractivity contribution in [2.45, 2.75) is 38.7 Å². The second kappa shape index (κ2) is 5.02. The molecule has 0 spiro atoms. The Bertz CT molecular complexity index is 204. The fourth-order valence-electron chi connectivity index (χ4n) is 1.17. The Kier molecular flexibility index (Phi) is 3.96. The molecule has 1 rings (SSSR count). The summed E-state index contributed by atoms with van der Waals surface area (Å²) in [6.45, 7) is 2.82. The summed E-state index contributed by atoms with van der Waals surface area (Å²) in [6, 6.07) is 0. The molecule has 1 unspecified atom stereocenters. The van der Waals surface area contributed by atoms with Crippen molar-refractivity contribution in [1.82, 2.24) is 0 Å². The zero-order chi connectivity index (χ0) is 9.68. The highest BCUT2D eigenvalue weighted by atomic mass is 16.6. The van der Waals surface area contributed by atoms with Crippen LogP contribution in [0.25, 0.3) is 0 Å². The van der Waals surface area contributed by atoms with Crippen molar-refractivity contribution in [2.24, 2.45) is 0 Å². The van der Waals surface area contributed by atoms with Crippen LogP contribution in [0, 0.1) is 0 Å². The Labute approximate surface area is 78.4 Å². The van der Waals surface area contributed by atoms with Gasteiger partial charge in [-0.3, -0.25) is 0 Å². The average molecular weight is 184 g/mol. The normalized spacial score (nSPS) is 21.6. The van der Waals surface area contributed by atoms with Gasteiger partial charge in [-0.15, -0.1) is 0 Å². The maximum Gasteiger partial charge on any atom is 0.331 e. The standard InChI is InChI=1S/C10H16O3/c1-2-3-4-5-8(10(11)12)6-9-7-13-9/h5,9H,2-4,6-7H2,1H3,(H,11,12). The third-order valence-corrected chi connectivity index (χ3v) is 2.07. The van der Waals surface area contributed by atoms with Crippen molar-refractivity contribution in [3.8, 4) is 0 Å². The first-order chi connectivity index (χ1) is 6.24. The highest BCUT2D eigenvalue weighted by Crippen LogP contribution is 2.19. The smallest absolute Gasteiger partial charge is 0.331 e. The molecule has 1 N–H and O–H groups in total. The van der Waals surface area contributed by atoms with Crippen LogP contribution < -0.4 is 0 Å². The Morgan fingerprint density at radius 3 is 2.85 bits per heavy atom. The monoisotopic (exact) mass is 184 g/mol. The quantitative estimate of drug-likeness (QED) is 0.390. The number of allylic oxidation sites excluding steroid dienone is 1. The van der Waals surface area contributed by atoms with Gasteiger partial charge in [-0.1, -0.05) is 25.8 Å². The largest absolute Gasteiger partial charge is 0.478 e. The predicted molar refractivity (Wildman–Crippen MR) is 49.6 cm³/mol. The van der Waals surface area contributed by atoms with E-state index in [1.807, 2.05) is 6.08 Å². The van der Waals surface area contributed by atoms with Gasteiger partial charge in [0.05, 0.1) is 12.7 Å². The Morgan fingerprint density at radius 2 is 2.38 bits per heavy atom. The lowest BCUT2D eigenvalue weighted by Crippen LogP contribution is -2.03. The maximum atomic E-state index is 10.7. The second-order valence-corrected chi connectivity index (χ2v) is 3.34. The minimum absolute atomic E-state index is 0.170. The molecule has 1 aliphatic rings. The molecule has 13 heavy (non-hydrogen) atoms. The van der Waals surface area contributed by atoms with Crippen LogP contribution in [-0.4, -0.2) is 23.8 Å². The van der Waals surface area contributed by atoms with E-state index in [2.05, 4.69) is 6.92 Å². The first kappa shape index (κ1) is 10.3. The van der Waals surface area contributed by atoms with Gasteiger partial charge in [0.15, 0.2) is 0 Å². The van der Waals surface area contributed by atoms with Crippen molar-refractivity contribution in [3.05, 3.63) is 11.6 Å². The molecule has 0 bridgehead atoms. The molecule has 0 aromatic heterocycles. The number of ether oxygens (including phenoxy) is 1. The molecular weight excluding hydrogens is 168 g/mol. The van der Waals surface area contributed by atoms with Crippen LogP contribution in [0.3, 0.4) is 0 Å². The first-order valence-corrected chi connectivity index (χ1v) is 4.78. The van der Waals surface area contributed by atoms with E-state index in [1.165, 1.54) is 0 Å². The van der Waals surface area contributed by atoms with E-state index < -0.39 is 5.97 Å². The van der Waals surface area contributed by atoms with E-state index >= 15 is 0 Å². The van der Waals surface area contributed by atoms with E-state index in [0.717, 1.165) is 25.9 Å². The van der Waals surface area contributed by atoms with Gasteiger partial charge in [-0.2, -0.15) is 0 Å². The van der Waals surface area contributed by atoms with Gasteiger partial charge in [0.1, 0.15) is 0 Å². The molecule has 1 heterocycles. The number of hydrogen-bond acceptors (Lipinski definition) is 2. The molecular formula is C10H16O3. The van der Waals surface area contributed by atoms with Gasteiger partial charge in [-0.05, 0) is 6.42 Å². The fraction of sp³-hybridized carbons (Fsp3) is 0.700. The molecule has 0 amide bonds. The number of carbonyl (C=O) groups is 1. The topological polar surface area (TPSA) is 49.8 Å². The minimum Gasteiger partial charge on any atom is -0.478 e. The van der Waals surface area contributed by atoms with Gasteiger partial charge < -0.3 is 9.84 Å². The maximum absolute atomic E-state index is 10.7. The van der Waals surface area contributed by atoms with E-state index in [1.54, 1.807) is 0 Å². The van der Waals surface area contributed by atoms with Crippen molar-refractivity contribution < 1.29 is 14.6 Å². The van der Waals surface area contributed by atoms with E-state index in [4.69, 9.17) is 9.84 Å². The lowest BCUT2D eigenvalue weighted by atomic mass is 10.1. The molecule has 0 aliphatic carbocycles. The summed E-state index contributed by atoms with van der Waals surface area (Å²) in [6.07, 6.45) is 5.59. The third-order valence-electron chi connectivity index (χ3n) is 2.07. The molecule has 0 saturated carbocycles. The summed E-state index contributed by atoms with van der Waals surface area (Å²) in [5.41, 5.74) is 0.510. The van der Waals surface area contributed by atoms with Gasteiger partial charge >= 0.3 is 5.97 Å². The predicted octanol–water partition coefficient (Wildman–Crippen LogP) is 1.98. The van der Waals surface area contributed by atoms with Crippen LogP contribution >= 0.6 is 0 Å². The molecule has 1 aliphatic heterocycles. The summed E-state index contributed by atoms with van der Waals surface area (Å²) in [5, 5.41) is 8.83. The van der Waals surface area contributed by atoms with Crippen LogP contribution in [0.15, 0.2) is 11.6 Å². The van der Waals surface area contributed by atoms with Gasteiger partial charge in [0, 0.05) is 12.0 Å². The van der Waals surface area contributed by atoms with Crippen LogP contribution in [-0.2, 0) is 9.53 Å². The molecule has 3 nitrogen and oxygen atoms in total. The van der Waals surface area contributed by atoms with Crippen molar-refractivity contribution in [1.29, 1.82) is 0 Å². The Morgan fingerprint density at radius 1 is 1.69 bits per heavy atom. The van der Waals surface area contributed by atoms with E-state index in [9.17, 15) is 4.79 Å². The van der Waals surface area contributed by atoms with Crippen LogP contribution in [0.2, 0.25) is 0 Å². The number of carboxylic acid groups (broad SMARTS) is 1. The zero-order valence-electron chi connectivity index (χ0n) is 7.95. The fourth-order valence-corrected chi connectivity index (χ4v) is 1.17. The van der Waals surface area contributed by atoms with Crippen LogP contribution in [0.5, 0.6) is 0 Å².